The Morgan fingerprint density at radius 2 is 2.29 bits per heavy atom. The molecule has 0 amide bonds. The molecule has 1 atom stereocenters. The Kier molecular flexibility index (Phi) is 4.36. The highest BCUT2D eigenvalue weighted by atomic mass is 32.1. The van der Waals surface area contributed by atoms with Gasteiger partial charge in [-0.15, -0.1) is 11.3 Å². The molecule has 1 aromatic rings. The molecular weight excluding hydrogens is 190 g/mol. The fourth-order valence-corrected chi connectivity index (χ4v) is 2.11. The minimum Gasteiger partial charge on any atom is -0.306 e. The van der Waals surface area contributed by atoms with Crippen LogP contribution in [-0.2, 0) is 0 Å². The molecule has 0 radical (unpaired) electrons. The zero-order valence-electron chi connectivity index (χ0n) is 9.26. The van der Waals surface area contributed by atoms with Gasteiger partial charge < -0.3 is 5.32 Å². The molecule has 1 nitrogen and oxygen atoms in total. The van der Waals surface area contributed by atoms with Crippen molar-refractivity contribution in [2.75, 3.05) is 6.54 Å². The largest absolute Gasteiger partial charge is 0.306 e. The second-order valence-electron chi connectivity index (χ2n) is 3.65. The second kappa shape index (κ2) is 5.32. The molecule has 1 N–H and O–H groups in total. The number of hydrogen-bond acceptors (Lipinski definition) is 2. The maximum atomic E-state index is 3.98. The predicted molar refractivity (Wildman–Crippen MR) is 64.9 cm³/mol. The van der Waals surface area contributed by atoms with E-state index in [-0.39, 0.29) is 0 Å². The van der Waals surface area contributed by atoms with E-state index in [0.29, 0.717) is 6.04 Å². The lowest BCUT2D eigenvalue weighted by atomic mass is 10.2. The summed E-state index contributed by atoms with van der Waals surface area (Å²) in [4.78, 5) is 2.79. The fourth-order valence-electron chi connectivity index (χ4n) is 1.21. The first-order chi connectivity index (χ1) is 6.63. The normalized spacial score (nSPS) is 12.8. The summed E-state index contributed by atoms with van der Waals surface area (Å²) in [6, 6.07) is 4.82. The predicted octanol–water partition coefficient (Wildman–Crippen LogP) is 3.67. The monoisotopic (exact) mass is 209 g/mol. The third-order valence-corrected chi connectivity index (χ3v) is 3.53. The van der Waals surface area contributed by atoms with Crippen LogP contribution < -0.4 is 5.32 Å². The quantitative estimate of drug-likeness (QED) is 0.730. The van der Waals surface area contributed by atoms with Gasteiger partial charge in [0.05, 0.1) is 0 Å². The average molecular weight is 209 g/mol. The molecule has 0 aliphatic rings. The summed E-state index contributed by atoms with van der Waals surface area (Å²) in [6.45, 7) is 11.4. The third kappa shape index (κ3) is 3.28. The van der Waals surface area contributed by atoms with Crippen molar-refractivity contribution in [3.63, 3.8) is 0 Å². The van der Waals surface area contributed by atoms with Gasteiger partial charge in [0.2, 0.25) is 0 Å². The van der Waals surface area contributed by atoms with Crippen molar-refractivity contribution in [3.05, 3.63) is 34.0 Å². The van der Waals surface area contributed by atoms with Crippen LogP contribution in [-0.4, -0.2) is 6.54 Å². The number of rotatable bonds is 5. The SMILES string of the molecule is C=C(CC)CNC(C)c1ccc(C)s1. The lowest BCUT2D eigenvalue weighted by Crippen LogP contribution is -2.19. The van der Waals surface area contributed by atoms with Gasteiger partial charge in [0.15, 0.2) is 0 Å². The van der Waals surface area contributed by atoms with E-state index >= 15 is 0 Å². The summed E-state index contributed by atoms with van der Waals surface area (Å²) in [5.41, 5.74) is 1.27. The highest BCUT2D eigenvalue weighted by Gasteiger charge is 2.06. The van der Waals surface area contributed by atoms with Gasteiger partial charge >= 0.3 is 0 Å². The van der Waals surface area contributed by atoms with Crippen LogP contribution >= 0.6 is 11.3 Å². The molecule has 0 bridgehead atoms. The molecular formula is C12H19NS. The molecule has 1 rings (SSSR count). The number of hydrogen-bond donors (Lipinski definition) is 1. The van der Waals surface area contributed by atoms with Crippen LogP contribution in [0.15, 0.2) is 24.3 Å². The van der Waals surface area contributed by atoms with Gasteiger partial charge in [-0.2, -0.15) is 0 Å². The molecule has 1 aromatic heterocycles. The van der Waals surface area contributed by atoms with Crippen LogP contribution in [0, 0.1) is 6.92 Å². The van der Waals surface area contributed by atoms with Gasteiger partial charge in [-0.1, -0.05) is 19.1 Å². The summed E-state index contributed by atoms with van der Waals surface area (Å²) in [6.07, 6.45) is 1.06. The average Bonchev–Trinajstić information content (AvgIpc) is 2.60. The van der Waals surface area contributed by atoms with Gasteiger partial charge in [-0.25, -0.2) is 0 Å². The van der Waals surface area contributed by atoms with Crippen molar-refractivity contribution in [1.29, 1.82) is 0 Å². The molecule has 0 fully saturated rings. The first kappa shape index (κ1) is 11.5. The summed E-state index contributed by atoms with van der Waals surface area (Å²) >= 11 is 1.86. The molecule has 14 heavy (non-hydrogen) atoms. The van der Waals surface area contributed by atoms with Crippen LogP contribution in [0.1, 0.15) is 36.1 Å². The first-order valence-corrected chi connectivity index (χ1v) is 5.91. The lowest BCUT2D eigenvalue weighted by molar-refractivity contribution is 0.611. The maximum absolute atomic E-state index is 3.98. The molecule has 1 heterocycles. The van der Waals surface area contributed by atoms with Crippen LogP contribution in [0.25, 0.3) is 0 Å². The standard InChI is InChI=1S/C12H19NS/c1-5-9(2)8-13-11(4)12-7-6-10(3)14-12/h6-7,11,13H,2,5,8H2,1,3-4H3. The van der Waals surface area contributed by atoms with Crippen LogP contribution in [0.2, 0.25) is 0 Å². The Morgan fingerprint density at radius 3 is 2.79 bits per heavy atom. The second-order valence-corrected chi connectivity index (χ2v) is 4.97. The molecule has 2 heteroatoms. The highest BCUT2D eigenvalue weighted by molar-refractivity contribution is 7.12. The number of nitrogens with one attached hydrogen (secondary N) is 1. The Hall–Kier alpha value is -0.600. The summed E-state index contributed by atoms with van der Waals surface area (Å²) in [7, 11) is 0. The Morgan fingerprint density at radius 1 is 1.57 bits per heavy atom. The van der Waals surface area contributed by atoms with Crippen LogP contribution in [0.3, 0.4) is 0 Å². The number of aryl methyl sites for hydroxylation is 1. The maximum Gasteiger partial charge on any atom is 0.0388 e. The van der Waals surface area contributed by atoms with E-state index in [1.807, 2.05) is 11.3 Å². The molecule has 0 spiro atoms. The van der Waals surface area contributed by atoms with Gasteiger partial charge in [-0.05, 0) is 32.4 Å². The van der Waals surface area contributed by atoms with E-state index in [9.17, 15) is 0 Å². The van der Waals surface area contributed by atoms with Crippen molar-refractivity contribution in [3.8, 4) is 0 Å². The van der Waals surface area contributed by atoms with Gasteiger partial charge in [0.1, 0.15) is 0 Å². The summed E-state index contributed by atoms with van der Waals surface area (Å²) in [5, 5.41) is 3.47. The van der Waals surface area contributed by atoms with Crippen LogP contribution in [0.4, 0.5) is 0 Å². The zero-order valence-corrected chi connectivity index (χ0v) is 10.1. The van der Waals surface area contributed by atoms with Crippen molar-refractivity contribution < 1.29 is 0 Å². The Bertz CT molecular complexity index is 301. The van der Waals surface area contributed by atoms with E-state index < -0.39 is 0 Å². The molecule has 0 aliphatic carbocycles. The summed E-state index contributed by atoms with van der Waals surface area (Å²) in [5.74, 6) is 0. The van der Waals surface area contributed by atoms with E-state index in [4.69, 9.17) is 0 Å². The highest BCUT2D eigenvalue weighted by Crippen LogP contribution is 2.22. The molecule has 0 aliphatic heterocycles. The van der Waals surface area contributed by atoms with E-state index in [2.05, 4.69) is 44.8 Å². The first-order valence-electron chi connectivity index (χ1n) is 5.09. The zero-order chi connectivity index (χ0) is 10.6. The van der Waals surface area contributed by atoms with Gasteiger partial charge in [0, 0.05) is 22.3 Å². The van der Waals surface area contributed by atoms with Gasteiger partial charge in [0.25, 0.3) is 0 Å². The topological polar surface area (TPSA) is 12.0 Å². The van der Waals surface area contributed by atoms with Crippen molar-refractivity contribution in [2.45, 2.75) is 33.2 Å². The molecule has 0 saturated carbocycles. The van der Waals surface area contributed by atoms with E-state index in [1.165, 1.54) is 15.3 Å². The Labute approximate surface area is 90.9 Å². The van der Waals surface area contributed by atoms with Crippen molar-refractivity contribution >= 4 is 11.3 Å². The van der Waals surface area contributed by atoms with Crippen LogP contribution in [0.5, 0.6) is 0 Å². The fraction of sp³-hybridized carbons (Fsp3) is 0.500. The Balaban J connectivity index is 2.42. The lowest BCUT2D eigenvalue weighted by Gasteiger charge is -2.12. The number of thiophene rings is 1. The van der Waals surface area contributed by atoms with E-state index in [0.717, 1.165) is 13.0 Å². The minimum absolute atomic E-state index is 0.442. The van der Waals surface area contributed by atoms with Crippen molar-refractivity contribution in [1.82, 2.24) is 5.32 Å². The minimum atomic E-state index is 0.442. The molecule has 78 valence electrons. The van der Waals surface area contributed by atoms with E-state index in [1.54, 1.807) is 0 Å². The molecule has 1 unspecified atom stereocenters. The third-order valence-electron chi connectivity index (χ3n) is 2.35. The smallest absolute Gasteiger partial charge is 0.0388 e. The summed E-state index contributed by atoms with van der Waals surface area (Å²) < 4.78 is 0. The molecule has 0 saturated heterocycles. The van der Waals surface area contributed by atoms with Crippen molar-refractivity contribution in [2.24, 2.45) is 0 Å². The molecule has 0 aromatic carbocycles. The van der Waals surface area contributed by atoms with Gasteiger partial charge in [-0.3, -0.25) is 0 Å².